The maximum Gasteiger partial charge on any atom is 0.417 e. The summed E-state index contributed by atoms with van der Waals surface area (Å²) >= 11 is 0. The first-order valence-electron chi connectivity index (χ1n) is 5.57. The van der Waals surface area contributed by atoms with Crippen molar-refractivity contribution in [2.24, 2.45) is 5.73 Å². The number of imide groups is 1. The van der Waals surface area contributed by atoms with E-state index < -0.39 is 12.1 Å². The van der Waals surface area contributed by atoms with E-state index in [1.165, 1.54) is 7.05 Å². The average molecular weight is 252 g/mol. The van der Waals surface area contributed by atoms with Crippen molar-refractivity contribution in [3.63, 3.8) is 0 Å². The van der Waals surface area contributed by atoms with Crippen molar-refractivity contribution in [2.75, 3.05) is 13.7 Å². The van der Waals surface area contributed by atoms with E-state index in [9.17, 15) is 9.59 Å². The first kappa shape index (κ1) is 14.0. The van der Waals surface area contributed by atoms with Crippen LogP contribution < -0.4 is 11.5 Å². The molecule has 5 N–H and O–H groups in total. The van der Waals surface area contributed by atoms with Crippen LogP contribution in [0.2, 0.25) is 0 Å². The second-order valence-corrected chi connectivity index (χ2v) is 4.03. The number of rotatable bonds is 4. The molecule has 0 aliphatic heterocycles. The van der Waals surface area contributed by atoms with E-state index in [4.69, 9.17) is 10.5 Å². The average Bonchev–Trinajstić information content (AvgIpc) is 2.36. The Morgan fingerprint density at radius 1 is 1.39 bits per heavy atom. The number of hydrogen-bond acceptors (Lipinski definition) is 3. The highest BCUT2D eigenvalue weighted by Gasteiger charge is 2.17. The lowest BCUT2D eigenvalue weighted by Crippen LogP contribution is -2.64. The molecule has 1 atom stereocenters. The third-order valence-corrected chi connectivity index (χ3v) is 2.41. The van der Waals surface area contributed by atoms with Crippen LogP contribution in [0.25, 0.3) is 0 Å². The second kappa shape index (κ2) is 6.61. The molecule has 0 aliphatic carbocycles. The lowest BCUT2D eigenvalue weighted by atomic mass is 10.1. The maximum absolute atomic E-state index is 11.3. The van der Waals surface area contributed by atoms with Crippen LogP contribution in [-0.4, -0.2) is 36.7 Å². The Morgan fingerprint density at radius 2 is 2.00 bits per heavy atom. The van der Waals surface area contributed by atoms with Gasteiger partial charge in [0, 0.05) is 13.5 Å². The van der Waals surface area contributed by atoms with Crippen LogP contribution in [0.15, 0.2) is 30.3 Å². The molecular weight excluding hydrogens is 234 g/mol. The van der Waals surface area contributed by atoms with Gasteiger partial charge in [-0.25, -0.2) is 14.5 Å². The van der Waals surface area contributed by atoms with E-state index in [-0.39, 0.29) is 12.6 Å². The topological polar surface area (TPSA) is 100 Å². The van der Waals surface area contributed by atoms with Crippen LogP contribution in [-0.2, 0) is 11.2 Å². The predicted molar refractivity (Wildman–Crippen MR) is 65.5 cm³/mol. The Kier molecular flexibility index (Phi) is 5.13. The van der Waals surface area contributed by atoms with Gasteiger partial charge >= 0.3 is 12.1 Å². The summed E-state index contributed by atoms with van der Waals surface area (Å²) in [6, 6.07) is 8.86. The van der Waals surface area contributed by atoms with Crippen molar-refractivity contribution < 1.29 is 20.1 Å². The standard InChI is InChI=1S/C12H17N3O3/c1-15(11(14)16)12(17)18-8-10(13)7-9-5-3-2-4-6-9/h2-6,10H,7-8,13H2,1H3,(H2,14,16)/p+1/t10-/m1/s1. The fourth-order valence-electron chi connectivity index (χ4n) is 1.38. The van der Waals surface area contributed by atoms with Crippen molar-refractivity contribution >= 4 is 12.1 Å². The van der Waals surface area contributed by atoms with Crippen molar-refractivity contribution in [3.05, 3.63) is 35.9 Å². The van der Waals surface area contributed by atoms with Crippen molar-refractivity contribution in [3.8, 4) is 0 Å². The summed E-state index contributed by atoms with van der Waals surface area (Å²) in [6.45, 7) is 0.144. The second-order valence-electron chi connectivity index (χ2n) is 4.03. The summed E-state index contributed by atoms with van der Waals surface area (Å²) in [6.07, 6.45) is -0.0572. The number of amides is 3. The van der Waals surface area contributed by atoms with Gasteiger partial charge in [-0.3, -0.25) is 0 Å². The van der Waals surface area contributed by atoms with Crippen LogP contribution in [0.5, 0.6) is 0 Å². The number of nitrogens with two attached hydrogens (primary N) is 1. The number of urea groups is 1. The molecule has 0 bridgehead atoms. The first-order chi connectivity index (χ1) is 8.50. The number of quaternary nitrogens is 1. The first-order valence-corrected chi connectivity index (χ1v) is 5.57. The number of carbonyl (C=O) groups excluding carboxylic acids is 2. The van der Waals surface area contributed by atoms with Gasteiger partial charge in [0.15, 0.2) is 0 Å². The molecule has 1 aromatic carbocycles. The minimum absolute atomic E-state index is 0.0716. The summed E-state index contributed by atoms with van der Waals surface area (Å²) in [5, 5.41) is 0. The van der Waals surface area contributed by atoms with Crippen LogP contribution in [0.3, 0.4) is 0 Å². The fourth-order valence-corrected chi connectivity index (χ4v) is 1.38. The van der Waals surface area contributed by atoms with E-state index in [2.05, 4.69) is 5.73 Å². The number of nitrogens with zero attached hydrogens (tertiary/aromatic N) is 1. The normalized spacial score (nSPS) is 11.7. The van der Waals surface area contributed by atoms with E-state index in [0.29, 0.717) is 6.42 Å². The highest BCUT2D eigenvalue weighted by molar-refractivity contribution is 5.89. The number of benzene rings is 1. The van der Waals surface area contributed by atoms with Gasteiger partial charge in [-0.2, -0.15) is 0 Å². The molecule has 1 rings (SSSR count). The molecule has 0 fully saturated rings. The Balaban J connectivity index is 2.35. The summed E-state index contributed by atoms with van der Waals surface area (Å²) < 4.78 is 4.92. The van der Waals surface area contributed by atoms with E-state index in [0.717, 1.165) is 10.5 Å². The summed E-state index contributed by atoms with van der Waals surface area (Å²) in [4.78, 5) is 22.7. The van der Waals surface area contributed by atoms with Crippen molar-refractivity contribution in [2.45, 2.75) is 12.5 Å². The zero-order valence-corrected chi connectivity index (χ0v) is 10.3. The summed E-state index contributed by atoms with van der Waals surface area (Å²) in [7, 11) is 1.26. The molecule has 18 heavy (non-hydrogen) atoms. The molecule has 0 radical (unpaired) electrons. The molecule has 0 saturated heterocycles. The minimum Gasteiger partial charge on any atom is -0.443 e. The maximum atomic E-state index is 11.3. The van der Waals surface area contributed by atoms with Crippen molar-refractivity contribution in [1.82, 2.24) is 4.90 Å². The van der Waals surface area contributed by atoms with Crippen LogP contribution >= 0.6 is 0 Å². The molecule has 3 amide bonds. The van der Waals surface area contributed by atoms with Gasteiger partial charge in [0.1, 0.15) is 12.6 Å². The third-order valence-electron chi connectivity index (χ3n) is 2.41. The number of primary amides is 1. The Morgan fingerprint density at radius 3 is 2.56 bits per heavy atom. The molecule has 98 valence electrons. The molecule has 6 nitrogen and oxygen atoms in total. The molecule has 1 aromatic rings. The van der Waals surface area contributed by atoms with E-state index in [1.54, 1.807) is 0 Å². The summed E-state index contributed by atoms with van der Waals surface area (Å²) in [5.41, 5.74) is 9.96. The largest absolute Gasteiger partial charge is 0.443 e. The lowest BCUT2D eigenvalue weighted by molar-refractivity contribution is -0.424. The molecule has 0 aromatic heterocycles. The predicted octanol–water partition coefficient (Wildman–Crippen LogP) is -0.0133. The molecule has 0 saturated carbocycles. The number of hydrogen-bond donors (Lipinski definition) is 2. The smallest absolute Gasteiger partial charge is 0.417 e. The molecule has 0 spiro atoms. The van der Waals surface area contributed by atoms with E-state index in [1.807, 2.05) is 30.3 Å². The molecular formula is C12H18N3O3+. The van der Waals surface area contributed by atoms with Gasteiger partial charge in [-0.05, 0) is 5.56 Å². The van der Waals surface area contributed by atoms with Gasteiger partial charge in [-0.15, -0.1) is 0 Å². The molecule has 0 heterocycles. The molecule has 0 unspecified atom stereocenters. The number of carbonyl (C=O) groups is 2. The lowest BCUT2D eigenvalue weighted by Gasteiger charge is -2.14. The van der Waals surface area contributed by atoms with Gasteiger partial charge in [0.05, 0.1) is 0 Å². The van der Waals surface area contributed by atoms with Gasteiger partial charge in [0.2, 0.25) is 0 Å². The monoisotopic (exact) mass is 252 g/mol. The van der Waals surface area contributed by atoms with Crippen LogP contribution in [0.4, 0.5) is 9.59 Å². The SMILES string of the molecule is CN(C(N)=O)C(=O)OC[C@H]([NH3+])Cc1ccccc1. The highest BCUT2D eigenvalue weighted by Crippen LogP contribution is 2.01. The summed E-state index contributed by atoms with van der Waals surface area (Å²) in [5.74, 6) is 0. The van der Waals surface area contributed by atoms with E-state index >= 15 is 0 Å². The highest BCUT2D eigenvalue weighted by atomic mass is 16.6. The van der Waals surface area contributed by atoms with Gasteiger partial charge in [-0.1, -0.05) is 30.3 Å². The van der Waals surface area contributed by atoms with Crippen LogP contribution in [0, 0.1) is 0 Å². The fraction of sp³-hybridized carbons (Fsp3) is 0.333. The van der Waals surface area contributed by atoms with Gasteiger partial charge < -0.3 is 16.2 Å². The van der Waals surface area contributed by atoms with Gasteiger partial charge in [0.25, 0.3) is 0 Å². The Bertz CT molecular complexity index is 408. The van der Waals surface area contributed by atoms with Crippen molar-refractivity contribution in [1.29, 1.82) is 0 Å². The quantitative estimate of drug-likeness (QED) is 0.787. The minimum atomic E-state index is -0.844. The number of ether oxygens (including phenoxy) is 1. The Hall–Kier alpha value is -2.08. The Labute approximate surface area is 105 Å². The van der Waals surface area contributed by atoms with Crippen LogP contribution in [0.1, 0.15) is 5.56 Å². The zero-order valence-electron chi connectivity index (χ0n) is 10.3. The molecule has 6 heteroatoms. The zero-order chi connectivity index (χ0) is 13.5. The molecule has 0 aliphatic rings. The third kappa shape index (κ3) is 4.42.